The van der Waals surface area contributed by atoms with Crippen molar-refractivity contribution in [3.05, 3.63) is 65.9 Å². The minimum absolute atomic E-state index is 0.0296. The van der Waals surface area contributed by atoms with Crippen LogP contribution in [0.15, 0.2) is 54.7 Å². The molecule has 1 saturated heterocycles. The summed E-state index contributed by atoms with van der Waals surface area (Å²) in [6.45, 7) is 2.22. The van der Waals surface area contributed by atoms with Gasteiger partial charge in [-0.05, 0) is 98.6 Å². The highest BCUT2D eigenvalue weighted by molar-refractivity contribution is 5.83. The number of hydrogen-bond donors (Lipinski definition) is 1. The molecule has 0 radical (unpaired) electrons. The van der Waals surface area contributed by atoms with Crippen molar-refractivity contribution >= 4 is 16.9 Å². The lowest BCUT2D eigenvalue weighted by Crippen LogP contribution is -2.44. The Morgan fingerprint density at radius 2 is 1.97 bits per heavy atom. The predicted octanol–water partition coefficient (Wildman–Crippen LogP) is 5.70. The smallest absolute Gasteiger partial charge is 0.308 e. The van der Waals surface area contributed by atoms with Crippen molar-refractivity contribution in [1.82, 2.24) is 9.88 Å². The summed E-state index contributed by atoms with van der Waals surface area (Å²) in [7, 11) is 3.25. The van der Waals surface area contributed by atoms with Gasteiger partial charge < -0.3 is 19.5 Å². The van der Waals surface area contributed by atoms with Crippen molar-refractivity contribution in [3.8, 4) is 11.5 Å². The summed E-state index contributed by atoms with van der Waals surface area (Å²) in [4.78, 5) is 18.7. The lowest BCUT2D eigenvalue weighted by atomic mass is 9.81. The van der Waals surface area contributed by atoms with Gasteiger partial charge >= 0.3 is 5.97 Å². The van der Waals surface area contributed by atoms with Crippen LogP contribution < -0.4 is 9.47 Å². The molecule has 1 aliphatic heterocycles. The number of alkyl halides is 1. The molecule has 4 rings (SSSR count). The van der Waals surface area contributed by atoms with Gasteiger partial charge in [0.25, 0.3) is 0 Å². The number of nitrogens with zero attached hydrogens (tertiary/aromatic N) is 2. The summed E-state index contributed by atoms with van der Waals surface area (Å²) >= 11 is 0. The van der Waals surface area contributed by atoms with Gasteiger partial charge in [-0.3, -0.25) is 9.78 Å². The monoisotopic (exact) mass is 494 g/mol. The molecule has 1 aliphatic rings. The Morgan fingerprint density at radius 3 is 2.75 bits per heavy atom. The number of aromatic nitrogens is 1. The molecule has 0 saturated carbocycles. The Balaban J connectivity index is 1.32. The summed E-state index contributed by atoms with van der Waals surface area (Å²) in [6, 6.07) is 15.2. The molecule has 36 heavy (non-hydrogen) atoms. The second kappa shape index (κ2) is 12.2. The quantitative estimate of drug-likeness (QED) is 0.369. The first-order chi connectivity index (χ1) is 17.5. The van der Waals surface area contributed by atoms with Gasteiger partial charge in [-0.1, -0.05) is 12.1 Å². The van der Waals surface area contributed by atoms with Gasteiger partial charge in [0.05, 0.1) is 25.7 Å². The van der Waals surface area contributed by atoms with Crippen molar-refractivity contribution in [2.24, 2.45) is 11.8 Å². The standard InChI is InChI=1S/C29H35FN2O4/c1-35-22-7-3-5-20(17-22)6-4-15-32-16-13-21(26(19-32)29(33)34)8-10-27(30)24-12-14-31-28-11-9-23(36-2)18-25(24)28/h3,5,7,9,11-12,14,17-18,21,26-27H,4,6,8,10,13,15-16,19H2,1-2H3,(H,33,34)/t21-,26+,27-/m1/s1. The van der Waals surface area contributed by atoms with E-state index >= 15 is 4.39 Å². The summed E-state index contributed by atoms with van der Waals surface area (Å²) in [5.41, 5.74) is 2.52. The molecule has 0 aliphatic carbocycles. The number of halogens is 1. The number of benzene rings is 2. The maximum absolute atomic E-state index is 15.4. The van der Waals surface area contributed by atoms with Crippen LogP contribution in [0, 0.1) is 11.8 Å². The second-order valence-electron chi connectivity index (χ2n) is 9.58. The number of hydrogen-bond acceptors (Lipinski definition) is 5. The maximum Gasteiger partial charge on any atom is 0.308 e. The highest BCUT2D eigenvalue weighted by Gasteiger charge is 2.34. The number of aliphatic carboxylic acids is 1. The zero-order valence-corrected chi connectivity index (χ0v) is 21.0. The average molecular weight is 495 g/mol. The van der Waals surface area contributed by atoms with E-state index in [1.807, 2.05) is 36.4 Å². The summed E-state index contributed by atoms with van der Waals surface area (Å²) in [5, 5.41) is 10.7. The van der Waals surface area contributed by atoms with Crippen molar-refractivity contribution in [3.63, 3.8) is 0 Å². The molecular weight excluding hydrogens is 459 g/mol. The molecule has 0 bridgehead atoms. The number of carboxylic acids is 1. The van der Waals surface area contributed by atoms with E-state index in [4.69, 9.17) is 9.47 Å². The fourth-order valence-corrected chi connectivity index (χ4v) is 5.29. The van der Waals surface area contributed by atoms with Crippen LogP contribution in [0.2, 0.25) is 0 Å². The van der Waals surface area contributed by atoms with Crippen LogP contribution in [0.25, 0.3) is 10.9 Å². The number of rotatable bonds is 11. The number of methoxy groups -OCH3 is 2. The second-order valence-corrected chi connectivity index (χ2v) is 9.58. The molecular formula is C29H35FN2O4. The van der Waals surface area contributed by atoms with Crippen LogP contribution in [0.5, 0.6) is 11.5 Å². The number of likely N-dealkylation sites (tertiary alicyclic amines) is 1. The maximum atomic E-state index is 15.4. The Hall–Kier alpha value is -3.19. The highest BCUT2D eigenvalue weighted by atomic mass is 19.1. The first-order valence-electron chi connectivity index (χ1n) is 12.6. The third-order valence-corrected chi connectivity index (χ3v) is 7.34. The fraction of sp³-hybridized carbons (Fsp3) is 0.448. The number of fused-ring (bicyclic) bond motifs is 1. The molecule has 3 aromatic rings. The molecule has 0 spiro atoms. The lowest BCUT2D eigenvalue weighted by Gasteiger charge is -2.37. The van der Waals surface area contributed by atoms with Gasteiger partial charge in [0, 0.05) is 18.1 Å². The van der Waals surface area contributed by atoms with Gasteiger partial charge in [-0.2, -0.15) is 0 Å². The molecule has 3 atom stereocenters. The number of aryl methyl sites for hydroxylation is 1. The van der Waals surface area contributed by atoms with E-state index in [1.54, 1.807) is 26.5 Å². The van der Waals surface area contributed by atoms with E-state index < -0.39 is 18.1 Å². The number of piperidine rings is 1. The van der Waals surface area contributed by atoms with Crippen molar-refractivity contribution < 1.29 is 23.8 Å². The summed E-state index contributed by atoms with van der Waals surface area (Å²) in [6.07, 6.45) is 3.93. The van der Waals surface area contributed by atoms with Crippen LogP contribution in [0.4, 0.5) is 4.39 Å². The minimum Gasteiger partial charge on any atom is -0.497 e. The van der Waals surface area contributed by atoms with Crippen LogP contribution in [0.3, 0.4) is 0 Å². The Labute approximate surface area is 212 Å². The van der Waals surface area contributed by atoms with Crippen LogP contribution >= 0.6 is 0 Å². The third-order valence-electron chi connectivity index (χ3n) is 7.34. The molecule has 1 N–H and O–H groups in total. The number of carboxylic acid groups (broad SMARTS) is 1. The van der Waals surface area contributed by atoms with E-state index in [2.05, 4.69) is 16.0 Å². The first-order valence-corrected chi connectivity index (χ1v) is 12.6. The Morgan fingerprint density at radius 1 is 1.17 bits per heavy atom. The van der Waals surface area contributed by atoms with Gasteiger partial charge in [0.2, 0.25) is 0 Å². The van der Waals surface area contributed by atoms with Crippen molar-refractivity contribution in [1.29, 1.82) is 0 Å². The SMILES string of the molecule is COc1cccc(CCCN2CC[C@@H](CC[C@@H](F)c3ccnc4ccc(OC)cc34)[C@@H](C(=O)O)C2)c1. The van der Waals surface area contributed by atoms with E-state index in [9.17, 15) is 9.90 Å². The van der Waals surface area contributed by atoms with Crippen LogP contribution in [-0.4, -0.2) is 54.8 Å². The highest BCUT2D eigenvalue weighted by Crippen LogP contribution is 2.35. The Bertz CT molecular complexity index is 1170. The number of carbonyl (C=O) groups is 1. The number of ether oxygens (including phenoxy) is 2. The molecule has 0 amide bonds. The largest absolute Gasteiger partial charge is 0.497 e. The molecule has 6 nitrogen and oxygen atoms in total. The molecule has 192 valence electrons. The molecule has 1 fully saturated rings. The van der Waals surface area contributed by atoms with E-state index in [-0.39, 0.29) is 5.92 Å². The Kier molecular flexibility index (Phi) is 8.75. The summed E-state index contributed by atoms with van der Waals surface area (Å²) in [5.74, 6) is 0.222. The van der Waals surface area contributed by atoms with E-state index in [0.717, 1.165) is 49.0 Å². The van der Waals surface area contributed by atoms with Crippen LogP contribution in [0.1, 0.15) is 43.0 Å². The molecule has 2 heterocycles. The van der Waals surface area contributed by atoms with Gasteiger partial charge in [-0.25, -0.2) is 4.39 Å². The molecule has 0 unspecified atom stereocenters. The molecule has 1 aromatic heterocycles. The van der Waals surface area contributed by atoms with E-state index in [0.29, 0.717) is 30.7 Å². The fourth-order valence-electron chi connectivity index (χ4n) is 5.29. The average Bonchev–Trinajstić information content (AvgIpc) is 2.91. The third kappa shape index (κ3) is 6.32. The van der Waals surface area contributed by atoms with E-state index in [1.165, 1.54) is 5.56 Å². The van der Waals surface area contributed by atoms with Crippen molar-refractivity contribution in [2.45, 2.75) is 38.3 Å². The molecule has 2 aromatic carbocycles. The normalized spacial score (nSPS) is 19.2. The predicted molar refractivity (Wildman–Crippen MR) is 138 cm³/mol. The topological polar surface area (TPSA) is 71.9 Å². The number of pyridine rings is 1. The zero-order chi connectivity index (χ0) is 25.5. The minimum atomic E-state index is -1.18. The summed E-state index contributed by atoms with van der Waals surface area (Å²) < 4.78 is 26.0. The lowest BCUT2D eigenvalue weighted by molar-refractivity contribution is -0.146. The van der Waals surface area contributed by atoms with Crippen LogP contribution in [-0.2, 0) is 11.2 Å². The van der Waals surface area contributed by atoms with Gasteiger partial charge in [-0.15, -0.1) is 0 Å². The first kappa shape index (κ1) is 25.9. The molecule has 7 heteroatoms. The van der Waals surface area contributed by atoms with Crippen molar-refractivity contribution in [2.75, 3.05) is 33.9 Å². The van der Waals surface area contributed by atoms with Gasteiger partial charge in [0.1, 0.15) is 17.7 Å². The zero-order valence-electron chi connectivity index (χ0n) is 21.0. The van der Waals surface area contributed by atoms with Gasteiger partial charge in [0.15, 0.2) is 0 Å².